The summed E-state index contributed by atoms with van der Waals surface area (Å²) in [5, 5.41) is 10.2. The van der Waals surface area contributed by atoms with E-state index < -0.39 is 10.0 Å². The molecule has 2 aliphatic rings. The zero-order valence-electron chi connectivity index (χ0n) is 20.3. The topological polar surface area (TPSA) is 60.9 Å². The molecule has 0 spiro atoms. The maximum Gasteiger partial charge on any atom is 0.218 e. The van der Waals surface area contributed by atoms with Crippen LogP contribution in [-0.4, -0.2) is 61.1 Å². The molecule has 184 valence electrons. The summed E-state index contributed by atoms with van der Waals surface area (Å²) in [6, 6.07) is 26.5. The van der Waals surface area contributed by atoms with Gasteiger partial charge in [0.15, 0.2) is 0 Å². The van der Waals surface area contributed by atoms with Crippen LogP contribution in [0.1, 0.15) is 35.4 Å². The number of aryl methyl sites for hydroxylation is 1. The first kappa shape index (κ1) is 24.2. The van der Waals surface area contributed by atoms with Gasteiger partial charge in [-0.3, -0.25) is 4.90 Å². The van der Waals surface area contributed by atoms with Crippen LogP contribution in [-0.2, 0) is 15.8 Å². The first-order valence-electron chi connectivity index (χ1n) is 12.5. The molecule has 0 radical (unpaired) electrons. The second kappa shape index (κ2) is 10.2. The van der Waals surface area contributed by atoms with Gasteiger partial charge in [0.05, 0.1) is 12.4 Å². The van der Waals surface area contributed by atoms with E-state index in [1.54, 1.807) is 4.31 Å². The molecule has 0 amide bonds. The summed E-state index contributed by atoms with van der Waals surface area (Å²) < 4.78 is 28.5. The summed E-state index contributed by atoms with van der Waals surface area (Å²) in [5.74, 6) is 0.137. The summed E-state index contributed by atoms with van der Waals surface area (Å²) in [6.07, 6.45) is 1.77. The van der Waals surface area contributed by atoms with Crippen molar-refractivity contribution in [3.8, 4) is 11.1 Å². The Balaban J connectivity index is 1.39. The Morgan fingerprint density at radius 2 is 1.57 bits per heavy atom. The van der Waals surface area contributed by atoms with Gasteiger partial charge in [0.2, 0.25) is 10.0 Å². The molecule has 3 aromatic carbocycles. The minimum atomic E-state index is -3.43. The fourth-order valence-corrected chi connectivity index (χ4v) is 7.40. The number of hydrogen-bond donors (Lipinski definition) is 1. The van der Waals surface area contributed by atoms with Gasteiger partial charge in [0, 0.05) is 31.1 Å². The lowest BCUT2D eigenvalue weighted by Crippen LogP contribution is -2.67. The molecule has 0 saturated carbocycles. The molecule has 5 rings (SSSR count). The fraction of sp³-hybridized carbons (Fsp3) is 0.379. The van der Waals surface area contributed by atoms with E-state index in [1.807, 2.05) is 36.4 Å². The quantitative estimate of drug-likeness (QED) is 0.556. The number of rotatable bonds is 6. The van der Waals surface area contributed by atoms with Crippen molar-refractivity contribution in [1.82, 2.24) is 9.21 Å². The highest BCUT2D eigenvalue weighted by Gasteiger charge is 2.50. The molecule has 2 heterocycles. The third kappa shape index (κ3) is 4.94. The highest BCUT2D eigenvalue weighted by Crippen LogP contribution is 2.42. The molecule has 0 aliphatic carbocycles. The zero-order chi connectivity index (χ0) is 24.4. The van der Waals surface area contributed by atoms with Crippen LogP contribution < -0.4 is 0 Å². The van der Waals surface area contributed by atoms with E-state index in [4.69, 9.17) is 0 Å². The van der Waals surface area contributed by atoms with Gasteiger partial charge in [-0.05, 0) is 54.1 Å². The first-order valence-corrected chi connectivity index (χ1v) is 14.1. The van der Waals surface area contributed by atoms with E-state index >= 15 is 0 Å². The predicted molar refractivity (Wildman–Crippen MR) is 141 cm³/mol. The van der Waals surface area contributed by atoms with Gasteiger partial charge in [-0.15, -0.1) is 0 Å². The van der Waals surface area contributed by atoms with E-state index in [-0.39, 0.29) is 30.4 Å². The van der Waals surface area contributed by atoms with Gasteiger partial charge in [-0.1, -0.05) is 78.9 Å². The first-order chi connectivity index (χ1) is 17.0. The van der Waals surface area contributed by atoms with Crippen molar-refractivity contribution < 1.29 is 13.5 Å². The largest absolute Gasteiger partial charge is 0.395 e. The van der Waals surface area contributed by atoms with Crippen molar-refractivity contribution in [3.63, 3.8) is 0 Å². The van der Waals surface area contributed by atoms with E-state index in [1.165, 1.54) is 22.3 Å². The van der Waals surface area contributed by atoms with Crippen molar-refractivity contribution in [2.75, 3.05) is 26.2 Å². The Morgan fingerprint density at radius 1 is 0.886 bits per heavy atom. The SMILES string of the molecule is Cc1ccccc1-c1ccc([C@H]2[C@H]3CN(S(=O)(=O)Cc4ccccc4)CCCCN3[C@H]2CO)cc1. The van der Waals surface area contributed by atoms with Crippen LogP contribution >= 0.6 is 0 Å². The van der Waals surface area contributed by atoms with Gasteiger partial charge in [-0.2, -0.15) is 0 Å². The lowest BCUT2D eigenvalue weighted by atomic mass is 9.74. The van der Waals surface area contributed by atoms with Crippen molar-refractivity contribution in [3.05, 3.63) is 95.6 Å². The third-order valence-electron chi connectivity index (χ3n) is 7.67. The van der Waals surface area contributed by atoms with Gasteiger partial charge < -0.3 is 5.11 Å². The van der Waals surface area contributed by atoms with Crippen LogP contribution in [0.4, 0.5) is 0 Å². The van der Waals surface area contributed by atoms with Gasteiger partial charge in [-0.25, -0.2) is 12.7 Å². The smallest absolute Gasteiger partial charge is 0.218 e. The summed E-state index contributed by atoms with van der Waals surface area (Å²) in [4.78, 5) is 2.32. The maximum absolute atomic E-state index is 13.4. The molecule has 2 saturated heterocycles. The standard InChI is InChI=1S/C29H34N2O3S/c1-22-9-5-6-12-26(22)24-13-15-25(16-14-24)29-27-19-30(17-7-8-18-31(27)28(29)20-32)35(33,34)21-23-10-3-2-4-11-23/h2-6,9-16,27-29,32H,7-8,17-21H2,1H3/t27-,28+,29+/m1/s1. The monoisotopic (exact) mass is 490 g/mol. The van der Waals surface area contributed by atoms with E-state index in [2.05, 4.69) is 54.3 Å². The normalized spacial score (nSPS) is 23.7. The van der Waals surface area contributed by atoms with E-state index in [0.717, 1.165) is 24.9 Å². The molecule has 3 atom stereocenters. The van der Waals surface area contributed by atoms with Crippen LogP contribution in [0.15, 0.2) is 78.9 Å². The number of benzene rings is 3. The number of nitrogens with zero attached hydrogens (tertiary/aromatic N) is 2. The number of sulfonamides is 1. The summed E-state index contributed by atoms with van der Waals surface area (Å²) in [5.41, 5.74) is 5.62. The maximum atomic E-state index is 13.4. The summed E-state index contributed by atoms with van der Waals surface area (Å²) >= 11 is 0. The molecule has 6 heteroatoms. The van der Waals surface area contributed by atoms with Gasteiger partial charge in [0.1, 0.15) is 0 Å². The average molecular weight is 491 g/mol. The van der Waals surface area contributed by atoms with Crippen LogP contribution in [0.3, 0.4) is 0 Å². The lowest BCUT2D eigenvalue weighted by molar-refractivity contribution is -0.0554. The Hall–Kier alpha value is -2.51. The molecule has 5 nitrogen and oxygen atoms in total. The second-order valence-corrected chi connectivity index (χ2v) is 11.8. The highest BCUT2D eigenvalue weighted by atomic mass is 32.2. The van der Waals surface area contributed by atoms with Crippen LogP contribution in [0.2, 0.25) is 0 Å². The van der Waals surface area contributed by atoms with Crippen molar-refractivity contribution in [2.45, 2.75) is 43.5 Å². The van der Waals surface area contributed by atoms with Crippen molar-refractivity contribution in [2.24, 2.45) is 0 Å². The highest BCUT2D eigenvalue weighted by molar-refractivity contribution is 7.88. The minimum absolute atomic E-state index is 0.0276. The predicted octanol–water partition coefficient (Wildman–Crippen LogP) is 4.42. The molecular weight excluding hydrogens is 456 g/mol. The molecule has 2 aliphatic heterocycles. The number of hydrogen-bond acceptors (Lipinski definition) is 4. The molecular formula is C29H34N2O3S. The van der Waals surface area contributed by atoms with Gasteiger partial charge in [0.25, 0.3) is 0 Å². The molecule has 2 fully saturated rings. The Morgan fingerprint density at radius 3 is 2.29 bits per heavy atom. The van der Waals surface area contributed by atoms with Crippen molar-refractivity contribution in [1.29, 1.82) is 0 Å². The lowest BCUT2D eigenvalue weighted by Gasteiger charge is -2.57. The van der Waals surface area contributed by atoms with E-state index in [0.29, 0.717) is 13.1 Å². The summed E-state index contributed by atoms with van der Waals surface area (Å²) in [6.45, 7) is 4.13. The molecule has 0 aromatic heterocycles. The zero-order valence-corrected chi connectivity index (χ0v) is 21.1. The molecule has 1 N–H and O–H groups in total. The minimum Gasteiger partial charge on any atom is -0.395 e. The molecule has 0 bridgehead atoms. The Labute approximate surface area is 209 Å². The van der Waals surface area contributed by atoms with E-state index in [9.17, 15) is 13.5 Å². The van der Waals surface area contributed by atoms with Crippen LogP contribution in [0.5, 0.6) is 0 Å². The number of aliphatic hydroxyl groups is 1. The number of fused-ring (bicyclic) bond motifs is 1. The van der Waals surface area contributed by atoms with Crippen LogP contribution in [0.25, 0.3) is 11.1 Å². The third-order valence-corrected chi connectivity index (χ3v) is 9.49. The molecule has 3 aromatic rings. The van der Waals surface area contributed by atoms with Gasteiger partial charge >= 0.3 is 0 Å². The Kier molecular flexibility index (Phi) is 7.07. The average Bonchev–Trinajstić information content (AvgIpc) is 2.84. The molecule has 35 heavy (non-hydrogen) atoms. The number of aliphatic hydroxyl groups excluding tert-OH is 1. The fourth-order valence-electron chi connectivity index (χ4n) is 5.82. The Bertz CT molecular complexity index is 1240. The van der Waals surface area contributed by atoms with Crippen molar-refractivity contribution >= 4 is 10.0 Å². The summed E-state index contributed by atoms with van der Waals surface area (Å²) in [7, 11) is -3.43. The van der Waals surface area contributed by atoms with Crippen LogP contribution in [0, 0.1) is 6.92 Å². The molecule has 0 unspecified atom stereocenters. The second-order valence-electron chi connectivity index (χ2n) is 9.82.